The smallest absolute Gasteiger partial charge is 0.245 e. The summed E-state index contributed by atoms with van der Waals surface area (Å²) >= 11 is 0. The Hall–Kier alpha value is -2.90. The Kier molecular flexibility index (Phi) is 4.55. The van der Waals surface area contributed by atoms with Gasteiger partial charge >= 0.3 is 0 Å². The van der Waals surface area contributed by atoms with E-state index in [1.54, 1.807) is 14.2 Å². The molecule has 2 aromatic carbocycles. The van der Waals surface area contributed by atoms with Crippen molar-refractivity contribution in [3.05, 3.63) is 60.0 Å². The molecule has 7 heteroatoms. The zero-order valence-corrected chi connectivity index (χ0v) is 14.6. The minimum Gasteiger partial charge on any atom is -0.497 e. The molecule has 0 radical (unpaired) electrons. The zero-order chi connectivity index (χ0) is 17.9. The van der Waals surface area contributed by atoms with E-state index in [4.69, 9.17) is 14.0 Å². The van der Waals surface area contributed by atoms with E-state index >= 15 is 0 Å². The van der Waals surface area contributed by atoms with Crippen molar-refractivity contribution in [3.63, 3.8) is 0 Å². The topological polar surface area (TPSA) is 81.4 Å². The molecule has 1 aromatic heterocycles. The molecule has 3 aromatic rings. The fourth-order valence-electron chi connectivity index (χ4n) is 3.01. The van der Waals surface area contributed by atoms with Crippen LogP contribution in [-0.2, 0) is 0 Å². The van der Waals surface area contributed by atoms with E-state index in [1.807, 2.05) is 36.4 Å². The molecule has 1 aliphatic rings. The lowest BCUT2D eigenvalue weighted by atomic mass is 10.0. The van der Waals surface area contributed by atoms with Crippen molar-refractivity contribution in [1.82, 2.24) is 21.0 Å². The van der Waals surface area contributed by atoms with E-state index < -0.39 is 0 Å². The summed E-state index contributed by atoms with van der Waals surface area (Å²) < 4.78 is 15.8. The van der Waals surface area contributed by atoms with Gasteiger partial charge in [0, 0.05) is 11.6 Å². The molecular formula is C19H20N4O3. The Morgan fingerprint density at radius 2 is 1.50 bits per heavy atom. The normalized spacial score (nSPS) is 19.5. The van der Waals surface area contributed by atoms with Crippen molar-refractivity contribution in [2.24, 2.45) is 0 Å². The highest BCUT2D eigenvalue weighted by atomic mass is 16.5. The number of methoxy groups -OCH3 is 2. The molecule has 1 aliphatic heterocycles. The second kappa shape index (κ2) is 7.15. The highest BCUT2D eigenvalue weighted by molar-refractivity contribution is 5.55. The van der Waals surface area contributed by atoms with Gasteiger partial charge < -0.3 is 14.0 Å². The summed E-state index contributed by atoms with van der Waals surface area (Å²) in [5.74, 6) is 2.77. The van der Waals surface area contributed by atoms with Crippen molar-refractivity contribution in [3.8, 4) is 22.9 Å². The molecule has 0 bridgehead atoms. The van der Waals surface area contributed by atoms with Gasteiger partial charge in [0.15, 0.2) is 0 Å². The van der Waals surface area contributed by atoms with Gasteiger partial charge in [-0.2, -0.15) is 4.98 Å². The van der Waals surface area contributed by atoms with Gasteiger partial charge in [-0.1, -0.05) is 17.3 Å². The van der Waals surface area contributed by atoms with Gasteiger partial charge in [0.25, 0.3) is 0 Å². The van der Waals surface area contributed by atoms with Crippen molar-refractivity contribution in [2.75, 3.05) is 14.2 Å². The van der Waals surface area contributed by atoms with Crippen molar-refractivity contribution < 1.29 is 14.0 Å². The van der Waals surface area contributed by atoms with Gasteiger partial charge in [0.2, 0.25) is 11.7 Å². The molecule has 1 saturated heterocycles. The molecule has 1 fully saturated rings. The lowest BCUT2D eigenvalue weighted by Crippen LogP contribution is -2.26. The second-order valence-electron chi connectivity index (χ2n) is 6.09. The average molecular weight is 352 g/mol. The van der Waals surface area contributed by atoms with E-state index in [0.29, 0.717) is 11.7 Å². The molecule has 0 aliphatic carbocycles. The Morgan fingerprint density at radius 1 is 0.885 bits per heavy atom. The van der Waals surface area contributed by atoms with Crippen LogP contribution < -0.4 is 20.3 Å². The Labute approximate surface area is 151 Å². The van der Waals surface area contributed by atoms with E-state index in [-0.39, 0.29) is 12.1 Å². The van der Waals surface area contributed by atoms with E-state index in [9.17, 15) is 0 Å². The van der Waals surface area contributed by atoms with Gasteiger partial charge in [-0.25, -0.2) is 10.9 Å². The zero-order valence-electron chi connectivity index (χ0n) is 14.6. The number of hydrogen-bond donors (Lipinski definition) is 2. The highest BCUT2D eigenvalue weighted by Crippen LogP contribution is 2.31. The number of rotatable bonds is 5. The number of nitrogens with zero attached hydrogens (tertiary/aromatic N) is 2. The molecule has 7 nitrogen and oxygen atoms in total. The SMILES string of the molecule is COc1ccc(-c2noc(C3CC(c4ccc(OC)cc4)NN3)n2)cc1. The van der Waals surface area contributed by atoms with E-state index in [1.165, 1.54) is 5.56 Å². The van der Waals surface area contributed by atoms with Gasteiger partial charge in [0.1, 0.15) is 17.5 Å². The predicted molar refractivity (Wildman–Crippen MR) is 95.7 cm³/mol. The molecule has 4 rings (SSSR count). The number of hydrazine groups is 1. The average Bonchev–Trinajstić information content (AvgIpc) is 3.38. The van der Waals surface area contributed by atoms with Gasteiger partial charge in [-0.05, 0) is 48.4 Å². The molecule has 2 atom stereocenters. The lowest BCUT2D eigenvalue weighted by Gasteiger charge is -2.09. The Balaban J connectivity index is 1.46. The third-order valence-corrected chi connectivity index (χ3v) is 4.51. The first-order valence-corrected chi connectivity index (χ1v) is 8.40. The van der Waals surface area contributed by atoms with E-state index in [0.717, 1.165) is 23.5 Å². The largest absolute Gasteiger partial charge is 0.497 e. The van der Waals surface area contributed by atoms with Crippen LogP contribution in [-0.4, -0.2) is 24.4 Å². The summed E-state index contributed by atoms with van der Waals surface area (Å²) in [6.45, 7) is 0. The molecule has 2 N–H and O–H groups in total. The summed E-state index contributed by atoms with van der Waals surface area (Å²) in [6, 6.07) is 15.7. The summed E-state index contributed by atoms with van der Waals surface area (Å²) in [5, 5.41) is 4.10. The van der Waals surface area contributed by atoms with Gasteiger partial charge in [-0.3, -0.25) is 0 Å². The molecule has 134 valence electrons. The first-order chi connectivity index (χ1) is 12.8. The standard InChI is InChI=1S/C19H20N4O3/c1-24-14-7-3-12(4-8-14)16-11-17(22-21-16)19-20-18(23-26-19)13-5-9-15(25-2)10-6-13/h3-10,16-17,21-22H,11H2,1-2H3. The Bertz CT molecular complexity index is 861. The minimum absolute atomic E-state index is 0.0402. The fraction of sp³-hybridized carbons (Fsp3) is 0.263. The number of hydrogen-bond acceptors (Lipinski definition) is 7. The summed E-state index contributed by atoms with van der Waals surface area (Å²) in [6.07, 6.45) is 0.816. The number of benzene rings is 2. The second-order valence-corrected chi connectivity index (χ2v) is 6.09. The molecule has 0 spiro atoms. The number of ether oxygens (including phenoxy) is 2. The molecule has 2 heterocycles. The maximum atomic E-state index is 5.47. The molecule has 0 saturated carbocycles. The fourth-order valence-corrected chi connectivity index (χ4v) is 3.01. The third-order valence-electron chi connectivity index (χ3n) is 4.51. The quantitative estimate of drug-likeness (QED) is 0.730. The third kappa shape index (κ3) is 3.26. The van der Waals surface area contributed by atoms with Crippen LogP contribution >= 0.6 is 0 Å². The summed E-state index contributed by atoms with van der Waals surface area (Å²) in [5.41, 5.74) is 8.59. The van der Waals surface area contributed by atoms with Crippen LogP contribution in [0.25, 0.3) is 11.4 Å². The predicted octanol–water partition coefficient (Wildman–Crippen LogP) is 3.03. The maximum absolute atomic E-state index is 5.47. The lowest BCUT2D eigenvalue weighted by molar-refractivity contribution is 0.340. The van der Waals surface area contributed by atoms with Crippen molar-refractivity contribution in [1.29, 1.82) is 0 Å². The monoisotopic (exact) mass is 352 g/mol. The van der Waals surface area contributed by atoms with Gasteiger partial charge in [0.05, 0.1) is 14.2 Å². The summed E-state index contributed by atoms with van der Waals surface area (Å²) in [7, 11) is 3.30. The summed E-state index contributed by atoms with van der Waals surface area (Å²) in [4.78, 5) is 4.53. The van der Waals surface area contributed by atoms with Gasteiger partial charge in [-0.15, -0.1) is 0 Å². The van der Waals surface area contributed by atoms with Crippen LogP contribution in [0.15, 0.2) is 53.1 Å². The minimum atomic E-state index is -0.0402. The number of nitrogens with one attached hydrogen (secondary N) is 2. The molecular weight excluding hydrogens is 332 g/mol. The molecule has 0 amide bonds. The van der Waals surface area contributed by atoms with Crippen molar-refractivity contribution >= 4 is 0 Å². The van der Waals surface area contributed by atoms with Crippen molar-refractivity contribution in [2.45, 2.75) is 18.5 Å². The first-order valence-electron chi connectivity index (χ1n) is 8.40. The molecule has 2 unspecified atom stereocenters. The van der Waals surface area contributed by atoms with Crippen LogP contribution in [0.5, 0.6) is 11.5 Å². The van der Waals surface area contributed by atoms with Crippen LogP contribution in [0, 0.1) is 0 Å². The van der Waals surface area contributed by atoms with Crippen LogP contribution in [0.3, 0.4) is 0 Å². The first kappa shape index (κ1) is 16.6. The number of aromatic nitrogens is 2. The Morgan fingerprint density at radius 3 is 2.15 bits per heavy atom. The van der Waals surface area contributed by atoms with Crippen LogP contribution in [0.1, 0.15) is 30.0 Å². The maximum Gasteiger partial charge on any atom is 0.245 e. The van der Waals surface area contributed by atoms with Crippen LogP contribution in [0.2, 0.25) is 0 Å². The van der Waals surface area contributed by atoms with E-state index in [2.05, 4.69) is 33.1 Å². The highest BCUT2D eigenvalue weighted by Gasteiger charge is 2.30. The molecule has 26 heavy (non-hydrogen) atoms. The van der Waals surface area contributed by atoms with Crippen LogP contribution in [0.4, 0.5) is 0 Å².